The Hall–Kier alpha value is -1.78. The van der Waals surface area contributed by atoms with Crippen LogP contribution in [-0.4, -0.2) is 17.0 Å². The van der Waals surface area contributed by atoms with Gasteiger partial charge >= 0.3 is 5.97 Å². The summed E-state index contributed by atoms with van der Waals surface area (Å²) in [4.78, 5) is 23.0. The first-order valence-corrected chi connectivity index (χ1v) is 7.36. The number of carboxylic acids is 1. The highest BCUT2D eigenvalue weighted by atomic mass is 16.4. The Bertz CT molecular complexity index is 532. The summed E-state index contributed by atoms with van der Waals surface area (Å²) in [5.41, 5.74) is 0.195. The molecule has 1 heterocycles. The van der Waals surface area contributed by atoms with E-state index >= 15 is 0 Å². The van der Waals surface area contributed by atoms with E-state index in [-0.39, 0.29) is 29.5 Å². The van der Waals surface area contributed by atoms with Crippen LogP contribution in [0.15, 0.2) is 16.5 Å². The van der Waals surface area contributed by atoms with Gasteiger partial charge in [0.2, 0.25) is 11.7 Å². The summed E-state index contributed by atoms with van der Waals surface area (Å²) in [5, 5.41) is 11.6. The fourth-order valence-electron chi connectivity index (χ4n) is 3.45. The predicted octanol–water partition coefficient (Wildman–Crippen LogP) is 3.06. The first-order valence-electron chi connectivity index (χ1n) is 7.36. The van der Waals surface area contributed by atoms with Crippen LogP contribution in [0.2, 0.25) is 0 Å². The zero-order valence-corrected chi connectivity index (χ0v) is 12.8. The van der Waals surface area contributed by atoms with Gasteiger partial charge < -0.3 is 14.8 Å². The smallest absolute Gasteiger partial charge is 0.371 e. The third-order valence-corrected chi connectivity index (χ3v) is 4.07. The minimum atomic E-state index is -1.10. The van der Waals surface area contributed by atoms with Crippen LogP contribution in [0.3, 0.4) is 0 Å². The van der Waals surface area contributed by atoms with Crippen molar-refractivity contribution in [1.29, 1.82) is 0 Å². The highest BCUT2D eigenvalue weighted by Gasteiger charge is 2.35. The molecule has 0 spiro atoms. The maximum absolute atomic E-state index is 12.3. The summed E-state index contributed by atoms with van der Waals surface area (Å²) in [5.74, 6) is -0.141. The molecule has 1 saturated carbocycles. The predicted molar refractivity (Wildman–Crippen MR) is 77.8 cm³/mol. The molecule has 2 atom stereocenters. The minimum absolute atomic E-state index is 0.0256. The topological polar surface area (TPSA) is 79.5 Å². The molecule has 5 heteroatoms. The summed E-state index contributed by atoms with van der Waals surface area (Å²) in [6, 6.07) is 2.98. The lowest BCUT2D eigenvalue weighted by molar-refractivity contribution is -0.128. The minimum Gasteiger partial charge on any atom is -0.475 e. The van der Waals surface area contributed by atoms with Gasteiger partial charge in [-0.1, -0.05) is 20.8 Å². The van der Waals surface area contributed by atoms with E-state index in [1.54, 1.807) is 6.07 Å². The molecule has 0 aromatic carbocycles. The zero-order chi connectivity index (χ0) is 15.6. The molecular formula is C16H23NO4. The number of nitrogens with one attached hydrogen (secondary N) is 1. The number of carboxylic acid groups (broad SMARTS) is 1. The Balaban J connectivity index is 1.90. The third-order valence-electron chi connectivity index (χ3n) is 4.07. The number of carbonyl (C=O) groups is 2. The Morgan fingerprint density at radius 1 is 1.38 bits per heavy atom. The molecule has 1 aliphatic rings. The molecule has 21 heavy (non-hydrogen) atoms. The van der Waals surface area contributed by atoms with E-state index in [2.05, 4.69) is 26.1 Å². The van der Waals surface area contributed by atoms with Gasteiger partial charge in [-0.15, -0.1) is 0 Å². The molecule has 0 saturated heterocycles. The van der Waals surface area contributed by atoms with Gasteiger partial charge in [-0.2, -0.15) is 0 Å². The first kappa shape index (κ1) is 15.6. The van der Waals surface area contributed by atoms with Crippen LogP contribution < -0.4 is 5.32 Å². The molecule has 1 aliphatic carbocycles. The first-order chi connectivity index (χ1) is 9.77. The second kappa shape index (κ2) is 5.92. The van der Waals surface area contributed by atoms with Crippen molar-refractivity contribution in [3.8, 4) is 0 Å². The average Bonchev–Trinajstić information content (AvgIpc) is 2.82. The van der Waals surface area contributed by atoms with Crippen LogP contribution in [0.4, 0.5) is 0 Å². The Morgan fingerprint density at radius 3 is 2.67 bits per heavy atom. The maximum Gasteiger partial charge on any atom is 0.371 e. The molecule has 2 unspecified atom stereocenters. The van der Waals surface area contributed by atoms with Crippen LogP contribution in [0.5, 0.6) is 0 Å². The van der Waals surface area contributed by atoms with Crippen LogP contribution in [0.1, 0.15) is 56.3 Å². The standard InChI is InChI=1S/C16H23NO4/c1-10-6-11(8-16(2,3)7-10)14(18)17-9-12-4-5-13(21-12)15(19)20/h4-5,10-11H,6-9H2,1-3H3,(H,17,18)(H,19,20). The number of carbonyl (C=O) groups excluding carboxylic acids is 1. The number of aromatic carboxylic acids is 1. The van der Waals surface area contributed by atoms with Crippen molar-refractivity contribution in [3.63, 3.8) is 0 Å². The normalized spacial score (nSPS) is 24.5. The summed E-state index contributed by atoms with van der Waals surface area (Å²) in [6.45, 7) is 6.83. The largest absolute Gasteiger partial charge is 0.475 e. The van der Waals surface area contributed by atoms with Gasteiger partial charge in [-0.05, 0) is 42.7 Å². The molecule has 5 nitrogen and oxygen atoms in total. The van der Waals surface area contributed by atoms with E-state index in [0.717, 1.165) is 19.3 Å². The van der Waals surface area contributed by atoms with Crippen LogP contribution >= 0.6 is 0 Å². The van der Waals surface area contributed by atoms with Gasteiger partial charge in [0, 0.05) is 5.92 Å². The van der Waals surface area contributed by atoms with Crippen molar-refractivity contribution in [2.75, 3.05) is 0 Å². The van der Waals surface area contributed by atoms with Gasteiger partial charge in [0.1, 0.15) is 5.76 Å². The lowest BCUT2D eigenvalue weighted by Gasteiger charge is -2.38. The van der Waals surface area contributed by atoms with Crippen molar-refractivity contribution in [3.05, 3.63) is 23.7 Å². The number of hydrogen-bond acceptors (Lipinski definition) is 3. The highest BCUT2D eigenvalue weighted by Crippen LogP contribution is 2.41. The van der Waals surface area contributed by atoms with Crippen molar-refractivity contribution in [2.24, 2.45) is 17.3 Å². The lowest BCUT2D eigenvalue weighted by Crippen LogP contribution is -2.38. The number of amides is 1. The van der Waals surface area contributed by atoms with E-state index in [4.69, 9.17) is 9.52 Å². The Labute approximate surface area is 124 Å². The van der Waals surface area contributed by atoms with Crippen LogP contribution in [-0.2, 0) is 11.3 Å². The summed E-state index contributed by atoms with van der Waals surface area (Å²) in [6.07, 6.45) is 2.95. The third kappa shape index (κ3) is 4.09. The SMILES string of the molecule is CC1CC(C(=O)NCc2ccc(C(=O)O)o2)CC(C)(C)C1. The van der Waals surface area contributed by atoms with Crippen molar-refractivity contribution >= 4 is 11.9 Å². The quantitative estimate of drug-likeness (QED) is 0.894. The molecule has 1 amide bonds. The van der Waals surface area contributed by atoms with Crippen molar-refractivity contribution in [2.45, 2.75) is 46.6 Å². The summed E-state index contributed by atoms with van der Waals surface area (Å²) < 4.78 is 5.13. The molecule has 1 aromatic rings. The molecule has 0 aliphatic heterocycles. The average molecular weight is 293 g/mol. The van der Waals surface area contributed by atoms with Crippen LogP contribution in [0, 0.1) is 17.3 Å². The molecular weight excluding hydrogens is 270 g/mol. The van der Waals surface area contributed by atoms with Gasteiger partial charge in [0.25, 0.3) is 0 Å². The van der Waals surface area contributed by atoms with E-state index < -0.39 is 5.97 Å². The highest BCUT2D eigenvalue weighted by molar-refractivity contribution is 5.84. The van der Waals surface area contributed by atoms with Crippen LogP contribution in [0.25, 0.3) is 0 Å². The molecule has 2 rings (SSSR count). The van der Waals surface area contributed by atoms with E-state index in [9.17, 15) is 9.59 Å². The summed E-state index contributed by atoms with van der Waals surface area (Å²) >= 11 is 0. The number of hydrogen-bond donors (Lipinski definition) is 2. The van der Waals surface area contributed by atoms with E-state index in [1.165, 1.54) is 6.07 Å². The van der Waals surface area contributed by atoms with Gasteiger partial charge in [-0.3, -0.25) is 4.79 Å². The monoisotopic (exact) mass is 293 g/mol. The summed E-state index contributed by atoms with van der Waals surface area (Å²) in [7, 11) is 0. The fraction of sp³-hybridized carbons (Fsp3) is 0.625. The van der Waals surface area contributed by atoms with E-state index in [1.807, 2.05) is 0 Å². The van der Waals surface area contributed by atoms with Crippen molar-refractivity contribution < 1.29 is 19.1 Å². The van der Waals surface area contributed by atoms with Gasteiger partial charge in [-0.25, -0.2) is 4.79 Å². The fourth-order valence-corrected chi connectivity index (χ4v) is 3.45. The molecule has 0 bridgehead atoms. The maximum atomic E-state index is 12.3. The lowest BCUT2D eigenvalue weighted by atomic mass is 9.68. The molecule has 0 radical (unpaired) electrons. The number of rotatable bonds is 4. The second-order valence-corrected chi connectivity index (χ2v) is 6.90. The molecule has 1 fully saturated rings. The Morgan fingerprint density at radius 2 is 2.10 bits per heavy atom. The molecule has 116 valence electrons. The van der Waals surface area contributed by atoms with Gasteiger partial charge in [0.15, 0.2) is 0 Å². The van der Waals surface area contributed by atoms with Crippen molar-refractivity contribution in [1.82, 2.24) is 5.32 Å². The zero-order valence-electron chi connectivity index (χ0n) is 12.8. The van der Waals surface area contributed by atoms with E-state index in [0.29, 0.717) is 11.7 Å². The Kier molecular flexibility index (Phi) is 4.40. The number of furan rings is 1. The molecule has 2 N–H and O–H groups in total. The van der Waals surface area contributed by atoms with Gasteiger partial charge in [0.05, 0.1) is 6.54 Å². The molecule has 1 aromatic heterocycles. The second-order valence-electron chi connectivity index (χ2n) is 6.90.